The number of carbonyl (C=O) groups excluding carboxylic acids is 1. The van der Waals surface area contributed by atoms with Crippen molar-refractivity contribution >= 4 is 17.2 Å². The second kappa shape index (κ2) is 9.18. The lowest BCUT2D eigenvalue weighted by Crippen LogP contribution is -2.43. The molecule has 1 aliphatic heterocycles. The Balaban J connectivity index is 1.29. The third-order valence-electron chi connectivity index (χ3n) is 6.57. The largest absolute Gasteiger partial charge is 0.494 e. The quantitative estimate of drug-likeness (QED) is 0.644. The number of nitrogens with zero attached hydrogens (tertiary/aromatic N) is 4. The minimum absolute atomic E-state index is 0.0420. The molecule has 1 saturated heterocycles. The van der Waals surface area contributed by atoms with E-state index in [0.717, 1.165) is 54.9 Å². The maximum absolute atomic E-state index is 13.0. The van der Waals surface area contributed by atoms with Crippen molar-refractivity contribution in [3.05, 3.63) is 53.5 Å². The van der Waals surface area contributed by atoms with Crippen molar-refractivity contribution in [2.24, 2.45) is 5.92 Å². The van der Waals surface area contributed by atoms with Crippen molar-refractivity contribution in [1.82, 2.24) is 19.9 Å². The number of nitrogens with one attached hydrogen (secondary N) is 1. The Morgan fingerprint density at radius 3 is 3.06 bits per heavy atom. The summed E-state index contributed by atoms with van der Waals surface area (Å²) in [5.74, 6) is 1.88. The highest BCUT2D eigenvalue weighted by atomic mass is 16.5. The zero-order valence-corrected chi connectivity index (χ0v) is 18.7. The molecule has 1 amide bonds. The summed E-state index contributed by atoms with van der Waals surface area (Å²) in [7, 11) is 0. The molecule has 168 valence electrons. The number of aryl methyl sites for hydroxylation is 2. The molecule has 1 N–H and O–H groups in total. The minimum Gasteiger partial charge on any atom is -0.494 e. The molecule has 3 heterocycles. The van der Waals surface area contributed by atoms with Gasteiger partial charge in [0, 0.05) is 37.6 Å². The fraction of sp³-hybridized carbons (Fsp3) is 0.480. The number of aromatic nitrogens is 3. The van der Waals surface area contributed by atoms with Gasteiger partial charge in [-0.25, -0.2) is 9.50 Å². The second-order valence-corrected chi connectivity index (χ2v) is 8.76. The van der Waals surface area contributed by atoms with Crippen molar-refractivity contribution in [2.75, 3.05) is 24.6 Å². The average molecular weight is 434 g/mol. The lowest BCUT2D eigenvalue weighted by atomic mass is 9.95. The van der Waals surface area contributed by atoms with Gasteiger partial charge in [0.1, 0.15) is 11.3 Å². The zero-order valence-electron chi connectivity index (χ0n) is 18.7. The Hall–Kier alpha value is -3.09. The van der Waals surface area contributed by atoms with Crippen LogP contribution in [0.3, 0.4) is 0 Å². The Morgan fingerprint density at radius 2 is 2.16 bits per heavy atom. The fourth-order valence-electron chi connectivity index (χ4n) is 5.01. The second-order valence-electron chi connectivity index (χ2n) is 8.76. The highest BCUT2D eigenvalue weighted by Gasteiger charge is 2.29. The molecule has 0 radical (unpaired) electrons. The molecule has 5 rings (SSSR count). The summed E-state index contributed by atoms with van der Waals surface area (Å²) in [5.41, 5.74) is 4.75. The van der Waals surface area contributed by atoms with Crippen LogP contribution in [0.5, 0.6) is 5.75 Å². The van der Waals surface area contributed by atoms with Gasteiger partial charge in [-0.15, -0.1) is 0 Å². The van der Waals surface area contributed by atoms with Crippen LogP contribution in [-0.4, -0.2) is 40.2 Å². The highest BCUT2D eigenvalue weighted by Crippen LogP contribution is 2.32. The van der Waals surface area contributed by atoms with Gasteiger partial charge in [0.15, 0.2) is 5.82 Å². The molecule has 1 aliphatic carbocycles. The van der Waals surface area contributed by atoms with Gasteiger partial charge in [0.05, 0.1) is 18.2 Å². The lowest BCUT2D eigenvalue weighted by Gasteiger charge is -2.33. The maximum atomic E-state index is 13.0. The van der Waals surface area contributed by atoms with Gasteiger partial charge in [-0.1, -0.05) is 12.1 Å². The van der Waals surface area contributed by atoms with Gasteiger partial charge < -0.3 is 15.0 Å². The zero-order chi connectivity index (χ0) is 21.9. The summed E-state index contributed by atoms with van der Waals surface area (Å²) >= 11 is 0. The van der Waals surface area contributed by atoms with Crippen LogP contribution in [0.25, 0.3) is 5.52 Å². The van der Waals surface area contributed by atoms with Crippen LogP contribution in [0.1, 0.15) is 49.4 Å². The van der Waals surface area contributed by atoms with Crippen LogP contribution >= 0.6 is 0 Å². The summed E-state index contributed by atoms with van der Waals surface area (Å²) < 4.78 is 7.56. The van der Waals surface area contributed by atoms with E-state index >= 15 is 0 Å². The molecule has 3 aromatic rings. The first-order chi connectivity index (χ1) is 15.7. The summed E-state index contributed by atoms with van der Waals surface area (Å²) in [5, 5.41) is 7.94. The van der Waals surface area contributed by atoms with E-state index in [1.807, 2.05) is 48.1 Å². The summed E-state index contributed by atoms with van der Waals surface area (Å²) in [4.78, 5) is 20.0. The van der Waals surface area contributed by atoms with Gasteiger partial charge in [0.2, 0.25) is 5.91 Å². The SMILES string of the molecule is CCOc1cccc(CNC(=O)C2CCCN(c3nccn4nc5c(c34)CCCC5)C2)c1. The van der Waals surface area contributed by atoms with Gasteiger partial charge in [-0.05, 0) is 63.1 Å². The van der Waals surface area contributed by atoms with Gasteiger partial charge in [0.25, 0.3) is 0 Å². The van der Waals surface area contributed by atoms with Crippen LogP contribution in [-0.2, 0) is 24.2 Å². The van der Waals surface area contributed by atoms with Crippen LogP contribution in [0.4, 0.5) is 5.82 Å². The van der Waals surface area contributed by atoms with Crippen molar-refractivity contribution in [3.8, 4) is 5.75 Å². The van der Waals surface area contributed by atoms with Crippen LogP contribution in [0, 0.1) is 5.92 Å². The first-order valence-electron chi connectivity index (χ1n) is 11.8. The van der Waals surface area contributed by atoms with Crippen molar-refractivity contribution < 1.29 is 9.53 Å². The Kier molecular flexibility index (Phi) is 5.97. The minimum atomic E-state index is -0.0420. The van der Waals surface area contributed by atoms with Gasteiger partial charge in [-0.3, -0.25) is 4.79 Å². The van der Waals surface area contributed by atoms with Crippen LogP contribution in [0.15, 0.2) is 36.7 Å². The monoisotopic (exact) mass is 433 g/mol. The van der Waals surface area contributed by atoms with E-state index in [9.17, 15) is 4.79 Å². The maximum Gasteiger partial charge on any atom is 0.225 e. The van der Waals surface area contributed by atoms with Crippen LogP contribution < -0.4 is 15.0 Å². The number of amides is 1. The van der Waals surface area contributed by atoms with Crippen molar-refractivity contribution in [3.63, 3.8) is 0 Å². The Labute approximate surface area is 188 Å². The molecule has 2 aliphatic rings. The first kappa shape index (κ1) is 20.8. The predicted octanol–water partition coefficient (Wildman–Crippen LogP) is 3.54. The molecule has 0 saturated carbocycles. The molecule has 7 nitrogen and oxygen atoms in total. The number of hydrogen-bond donors (Lipinski definition) is 1. The third kappa shape index (κ3) is 4.16. The Morgan fingerprint density at radius 1 is 1.25 bits per heavy atom. The highest BCUT2D eigenvalue weighted by molar-refractivity contribution is 5.81. The number of hydrogen-bond acceptors (Lipinski definition) is 5. The van der Waals surface area contributed by atoms with E-state index in [-0.39, 0.29) is 11.8 Å². The summed E-state index contributed by atoms with van der Waals surface area (Å²) in [6.45, 7) is 4.73. The number of anilines is 1. The molecule has 1 unspecified atom stereocenters. The molecule has 1 fully saturated rings. The average Bonchev–Trinajstić information content (AvgIpc) is 3.22. The van der Waals surface area contributed by atoms with Crippen LogP contribution in [0.2, 0.25) is 0 Å². The lowest BCUT2D eigenvalue weighted by molar-refractivity contribution is -0.125. The van der Waals surface area contributed by atoms with E-state index in [1.54, 1.807) is 0 Å². The number of fused-ring (bicyclic) bond motifs is 3. The number of rotatable bonds is 6. The van der Waals surface area contributed by atoms with Crippen molar-refractivity contribution in [2.45, 2.75) is 52.0 Å². The molecule has 0 spiro atoms. The Bertz CT molecular complexity index is 1110. The number of benzene rings is 1. The molecule has 0 bridgehead atoms. The molecule has 2 aromatic heterocycles. The number of piperidine rings is 1. The summed E-state index contributed by atoms with van der Waals surface area (Å²) in [6, 6.07) is 7.91. The van der Waals surface area contributed by atoms with Gasteiger partial charge >= 0.3 is 0 Å². The normalized spacial score (nSPS) is 18.4. The molecule has 32 heavy (non-hydrogen) atoms. The number of ether oxygens (including phenoxy) is 1. The van der Waals surface area contributed by atoms with Gasteiger partial charge in [-0.2, -0.15) is 5.10 Å². The molecular formula is C25H31N5O2. The molecule has 1 atom stereocenters. The smallest absolute Gasteiger partial charge is 0.225 e. The van der Waals surface area contributed by atoms with E-state index in [0.29, 0.717) is 19.7 Å². The third-order valence-corrected chi connectivity index (χ3v) is 6.57. The van der Waals surface area contributed by atoms with E-state index in [1.165, 1.54) is 24.1 Å². The van der Waals surface area contributed by atoms with E-state index in [4.69, 9.17) is 14.8 Å². The topological polar surface area (TPSA) is 71.8 Å². The molecule has 1 aromatic carbocycles. The van der Waals surface area contributed by atoms with E-state index in [2.05, 4.69) is 10.2 Å². The fourth-order valence-corrected chi connectivity index (χ4v) is 5.01. The predicted molar refractivity (Wildman–Crippen MR) is 124 cm³/mol. The van der Waals surface area contributed by atoms with Crippen molar-refractivity contribution in [1.29, 1.82) is 0 Å². The number of carbonyl (C=O) groups is 1. The standard InChI is InChI=1S/C25H31N5O2/c1-2-32-20-9-5-7-18(15-20)16-27-25(31)19-8-6-13-29(17-19)24-23-21-10-3-4-11-22(21)28-30(23)14-12-26-24/h5,7,9,12,14-15,19H,2-4,6,8,10-11,13,16-17H2,1H3,(H,27,31). The molecule has 7 heteroatoms. The first-order valence-corrected chi connectivity index (χ1v) is 11.8. The summed E-state index contributed by atoms with van der Waals surface area (Å²) in [6.07, 6.45) is 10.2. The molecular weight excluding hydrogens is 402 g/mol. The van der Waals surface area contributed by atoms with E-state index < -0.39 is 0 Å².